The third-order valence-electron chi connectivity index (χ3n) is 3.91. The Morgan fingerprint density at radius 2 is 2.00 bits per heavy atom. The Bertz CT molecular complexity index is 1150. The molecule has 0 bridgehead atoms. The fourth-order valence-corrected chi connectivity index (χ4v) is 3.30. The van der Waals surface area contributed by atoms with Crippen LogP contribution in [0.25, 0.3) is 22.2 Å². The summed E-state index contributed by atoms with van der Waals surface area (Å²) in [5.41, 5.74) is 2.40. The van der Waals surface area contributed by atoms with Gasteiger partial charge in [-0.25, -0.2) is 0 Å². The molecule has 0 fully saturated rings. The van der Waals surface area contributed by atoms with Crippen LogP contribution in [-0.4, -0.2) is 36.4 Å². The van der Waals surface area contributed by atoms with Gasteiger partial charge in [0.15, 0.2) is 5.75 Å². The zero-order valence-electron chi connectivity index (χ0n) is 14.3. The normalized spacial score (nSPS) is 11.7. The minimum atomic E-state index is -3.90. The van der Waals surface area contributed by atoms with Crippen molar-refractivity contribution in [2.24, 2.45) is 7.05 Å². The number of nitriles is 1. The summed E-state index contributed by atoms with van der Waals surface area (Å²) in [6.07, 6.45) is 2.85. The second-order valence-electron chi connectivity index (χ2n) is 5.79. The van der Waals surface area contributed by atoms with E-state index < -0.39 is 10.3 Å². The number of aryl methyl sites for hydroxylation is 1. The molecule has 0 radical (unpaired) electrons. The van der Waals surface area contributed by atoms with Crippen LogP contribution in [0, 0.1) is 11.3 Å². The van der Waals surface area contributed by atoms with Gasteiger partial charge in [-0.15, -0.1) is 0 Å². The molecule has 0 aliphatic heterocycles. The van der Waals surface area contributed by atoms with Crippen LogP contribution in [0.5, 0.6) is 5.75 Å². The molecule has 3 aromatic rings. The third kappa shape index (κ3) is 3.12. The van der Waals surface area contributed by atoms with Crippen LogP contribution < -0.4 is 4.18 Å². The van der Waals surface area contributed by atoms with Gasteiger partial charge in [0.1, 0.15) is 6.07 Å². The molecule has 0 aliphatic carbocycles. The van der Waals surface area contributed by atoms with Gasteiger partial charge < -0.3 is 8.75 Å². The van der Waals surface area contributed by atoms with Crippen molar-refractivity contribution in [3.63, 3.8) is 0 Å². The van der Waals surface area contributed by atoms with Gasteiger partial charge >= 0.3 is 10.3 Å². The number of nitrogens with zero attached hydrogens (tertiary/aromatic N) is 4. The van der Waals surface area contributed by atoms with Crippen molar-refractivity contribution in [1.82, 2.24) is 13.9 Å². The molecule has 0 unspecified atom stereocenters. The Labute approximate surface area is 156 Å². The standard InChI is InChI=1S/C17H15ClN4O3S/c1-21(2)26(23,24)25-13-6-11(9-20-10-13)17-15(8-19)14-5-4-12(18)7-16(14)22(17)3/h4-7,9-10H,1-3H3. The lowest BCUT2D eigenvalue weighted by atomic mass is 10.1. The van der Waals surface area contributed by atoms with Crippen molar-refractivity contribution in [1.29, 1.82) is 5.26 Å². The van der Waals surface area contributed by atoms with E-state index in [2.05, 4.69) is 11.1 Å². The second-order valence-corrected chi connectivity index (χ2v) is 7.98. The maximum atomic E-state index is 11.9. The Kier molecular flexibility index (Phi) is 4.63. The predicted molar refractivity (Wildman–Crippen MR) is 99.1 cm³/mol. The SMILES string of the molecule is CN(C)S(=O)(=O)Oc1cncc(-c2c(C#N)c3ccc(Cl)cc3n2C)c1. The highest BCUT2D eigenvalue weighted by molar-refractivity contribution is 7.84. The van der Waals surface area contributed by atoms with Crippen molar-refractivity contribution < 1.29 is 12.6 Å². The molecular formula is C17H15ClN4O3S. The largest absolute Gasteiger partial charge is 0.384 e. The highest BCUT2D eigenvalue weighted by Gasteiger charge is 2.20. The molecule has 2 aromatic heterocycles. The van der Waals surface area contributed by atoms with Crippen molar-refractivity contribution in [3.8, 4) is 23.1 Å². The van der Waals surface area contributed by atoms with Crippen molar-refractivity contribution >= 4 is 32.8 Å². The zero-order chi connectivity index (χ0) is 19.1. The average molecular weight is 391 g/mol. The first-order chi connectivity index (χ1) is 12.2. The van der Waals surface area contributed by atoms with Crippen LogP contribution in [0.3, 0.4) is 0 Å². The minimum Gasteiger partial charge on any atom is -0.369 e. The van der Waals surface area contributed by atoms with Gasteiger partial charge in [-0.1, -0.05) is 11.6 Å². The minimum absolute atomic E-state index is 0.0587. The van der Waals surface area contributed by atoms with E-state index in [-0.39, 0.29) is 5.75 Å². The Balaban J connectivity index is 2.18. The van der Waals surface area contributed by atoms with Crippen LogP contribution in [-0.2, 0) is 17.4 Å². The van der Waals surface area contributed by atoms with Crippen LogP contribution in [0.1, 0.15) is 5.56 Å². The number of pyridine rings is 1. The summed E-state index contributed by atoms with van der Waals surface area (Å²) in [6, 6.07) is 9.01. The number of benzene rings is 1. The van der Waals surface area contributed by atoms with E-state index in [0.29, 0.717) is 21.8 Å². The number of aromatic nitrogens is 2. The van der Waals surface area contributed by atoms with E-state index in [1.54, 1.807) is 31.4 Å². The lowest BCUT2D eigenvalue weighted by molar-refractivity contribution is 0.421. The highest BCUT2D eigenvalue weighted by Crippen LogP contribution is 2.34. The highest BCUT2D eigenvalue weighted by atomic mass is 35.5. The maximum absolute atomic E-state index is 11.9. The third-order valence-corrected chi connectivity index (χ3v) is 5.44. The van der Waals surface area contributed by atoms with E-state index in [9.17, 15) is 13.7 Å². The second kappa shape index (κ2) is 6.61. The quantitative estimate of drug-likeness (QED) is 0.683. The van der Waals surface area contributed by atoms with E-state index in [4.69, 9.17) is 15.8 Å². The van der Waals surface area contributed by atoms with Gasteiger partial charge in [-0.2, -0.15) is 18.0 Å². The molecule has 0 atom stereocenters. The maximum Gasteiger partial charge on any atom is 0.384 e. The summed E-state index contributed by atoms with van der Waals surface area (Å²) >= 11 is 6.07. The Morgan fingerprint density at radius 1 is 1.27 bits per heavy atom. The molecular weight excluding hydrogens is 376 g/mol. The van der Waals surface area contributed by atoms with Crippen molar-refractivity contribution in [3.05, 3.63) is 47.2 Å². The molecule has 0 N–H and O–H groups in total. The van der Waals surface area contributed by atoms with Crippen LogP contribution >= 0.6 is 11.6 Å². The molecule has 1 aromatic carbocycles. The van der Waals surface area contributed by atoms with Gasteiger partial charge in [-0.05, 0) is 24.3 Å². The number of fused-ring (bicyclic) bond motifs is 1. The smallest absolute Gasteiger partial charge is 0.369 e. The molecule has 0 saturated carbocycles. The zero-order valence-corrected chi connectivity index (χ0v) is 15.8. The van der Waals surface area contributed by atoms with E-state index >= 15 is 0 Å². The molecule has 0 aliphatic rings. The summed E-state index contributed by atoms with van der Waals surface area (Å²) in [7, 11) is 0.641. The van der Waals surface area contributed by atoms with Gasteiger partial charge in [0.25, 0.3) is 0 Å². The first-order valence-corrected chi connectivity index (χ1v) is 9.24. The van der Waals surface area contributed by atoms with Crippen LogP contribution in [0.15, 0.2) is 36.7 Å². The number of hydrogen-bond donors (Lipinski definition) is 0. The first kappa shape index (κ1) is 18.2. The molecule has 0 amide bonds. The van der Waals surface area contributed by atoms with Gasteiger partial charge in [0, 0.05) is 43.3 Å². The van der Waals surface area contributed by atoms with Gasteiger partial charge in [-0.3, -0.25) is 4.98 Å². The van der Waals surface area contributed by atoms with Gasteiger partial charge in [0.05, 0.1) is 23.0 Å². The number of rotatable bonds is 4. The van der Waals surface area contributed by atoms with Crippen LogP contribution in [0.4, 0.5) is 0 Å². The van der Waals surface area contributed by atoms with E-state index in [1.165, 1.54) is 26.4 Å². The van der Waals surface area contributed by atoms with E-state index in [1.807, 2.05) is 4.57 Å². The fraction of sp³-hybridized carbons (Fsp3) is 0.176. The summed E-state index contributed by atoms with van der Waals surface area (Å²) in [5, 5.41) is 10.9. The van der Waals surface area contributed by atoms with E-state index in [0.717, 1.165) is 15.2 Å². The summed E-state index contributed by atoms with van der Waals surface area (Å²) in [6.45, 7) is 0. The average Bonchev–Trinajstić information content (AvgIpc) is 2.86. The summed E-state index contributed by atoms with van der Waals surface area (Å²) in [4.78, 5) is 4.05. The topological polar surface area (TPSA) is 88.2 Å². The first-order valence-electron chi connectivity index (χ1n) is 7.50. The summed E-state index contributed by atoms with van der Waals surface area (Å²) < 4.78 is 31.7. The molecule has 9 heteroatoms. The fourth-order valence-electron chi connectivity index (χ4n) is 2.65. The molecule has 3 rings (SSSR count). The lowest BCUT2D eigenvalue weighted by Crippen LogP contribution is -2.27. The van der Waals surface area contributed by atoms with Crippen molar-refractivity contribution in [2.75, 3.05) is 14.1 Å². The number of halogens is 1. The predicted octanol–water partition coefficient (Wildman–Crippen LogP) is 2.95. The lowest BCUT2D eigenvalue weighted by Gasteiger charge is -2.12. The molecule has 26 heavy (non-hydrogen) atoms. The van der Waals surface area contributed by atoms with Crippen LogP contribution in [0.2, 0.25) is 5.02 Å². The number of hydrogen-bond acceptors (Lipinski definition) is 5. The van der Waals surface area contributed by atoms with Crippen molar-refractivity contribution in [2.45, 2.75) is 0 Å². The molecule has 134 valence electrons. The molecule has 2 heterocycles. The molecule has 0 spiro atoms. The van der Waals surface area contributed by atoms with Gasteiger partial charge in [0.2, 0.25) is 0 Å². The monoisotopic (exact) mass is 390 g/mol. The molecule has 0 saturated heterocycles. The summed E-state index contributed by atoms with van der Waals surface area (Å²) in [5.74, 6) is 0.0587. The Morgan fingerprint density at radius 3 is 2.65 bits per heavy atom. The molecule has 7 nitrogen and oxygen atoms in total. The Hall–Kier alpha value is -2.60.